The first-order valence-corrected chi connectivity index (χ1v) is 7.52. The molecule has 1 aromatic rings. The largest absolute Gasteiger partial charge is 0.346 e. The molecule has 3 amide bonds. The molecule has 0 unspecified atom stereocenters. The Labute approximate surface area is 129 Å². The van der Waals surface area contributed by atoms with Crippen molar-refractivity contribution >= 4 is 18.2 Å². The number of benzene rings is 1. The minimum atomic E-state index is -1.05. The van der Waals surface area contributed by atoms with Crippen molar-refractivity contribution < 1.29 is 9.59 Å². The van der Waals surface area contributed by atoms with E-state index in [2.05, 4.69) is 22.6 Å². The maximum absolute atomic E-state index is 12.6. The van der Waals surface area contributed by atoms with Crippen LogP contribution in [0.1, 0.15) is 31.7 Å². The monoisotopic (exact) mass is 297 g/mol. The second-order valence-corrected chi connectivity index (χ2v) is 5.85. The average Bonchev–Trinajstić information content (AvgIpc) is 2.78. The van der Waals surface area contributed by atoms with Gasteiger partial charge >= 0.3 is 6.03 Å². The molecule has 2 aliphatic rings. The molecule has 0 radical (unpaired) electrons. The molecule has 1 aliphatic carbocycles. The Bertz CT molecular complexity index is 639. The van der Waals surface area contributed by atoms with Crippen LogP contribution in [0.15, 0.2) is 47.6 Å². The zero-order chi connectivity index (χ0) is 15.6. The normalized spacial score (nSPS) is 28.4. The van der Waals surface area contributed by atoms with Gasteiger partial charge in [-0.25, -0.2) is 4.79 Å². The highest BCUT2D eigenvalue weighted by Gasteiger charge is 2.49. The molecule has 5 heteroatoms. The first kappa shape index (κ1) is 14.5. The quantitative estimate of drug-likeness (QED) is 0.530. The number of hydrogen-bond acceptors (Lipinski definition) is 3. The smallest absolute Gasteiger partial charge is 0.318 e. The van der Waals surface area contributed by atoms with Crippen molar-refractivity contribution in [2.75, 3.05) is 0 Å². The molecule has 114 valence electrons. The number of imide groups is 1. The van der Waals surface area contributed by atoms with E-state index in [0.29, 0.717) is 0 Å². The summed E-state index contributed by atoms with van der Waals surface area (Å²) in [6.07, 6.45) is 8.89. The molecule has 5 nitrogen and oxygen atoms in total. The maximum Gasteiger partial charge on any atom is 0.346 e. The molecule has 1 N–H and O–H groups in total. The molecule has 1 aromatic carbocycles. The number of amides is 3. The van der Waals surface area contributed by atoms with Gasteiger partial charge in [-0.3, -0.25) is 4.79 Å². The van der Waals surface area contributed by atoms with Crippen molar-refractivity contribution in [3.05, 3.63) is 48.0 Å². The van der Waals surface area contributed by atoms with Gasteiger partial charge in [-0.15, -0.1) is 5.01 Å². The van der Waals surface area contributed by atoms with Crippen molar-refractivity contribution in [3.8, 4) is 0 Å². The Hall–Kier alpha value is -2.43. The summed E-state index contributed by atoms with van der Waals surface area (Å²) in [5.41, 5.74) is -0.297. The molecule has 0 bridgehead atoms. The van der Waals surface area contributed by atoms with Gasteiger partial charge in [0.15, 0.2) is 0 Å². The number of allylic oxidation sites excluding steroid dienone is 2. The van der Waals surface area contributed by atoms with Crippen molar-refractivity contribution in [1.82, 2.24) is 10.3 Å². The highest BCUT2D eigenvalue weighted by atomic mass is 16.2. The van der Waals surface area contributed by atoms with Crippen LogP contribution in [0.5, 0.6) is 0 Å². The van der Waals surface area contributed by atoms with Crippen molar-refractivity contribution in [2.24, 2.45) is 11.0 Å². The highest BCUT2D eigenvalue weighted by molar-refractivity contribution is 6.07. The van der Waals surface area contributed by atoms with E-state index in [1.54, 1.807) is 13.1 Å². The number of hydrazone groups is 1. The zero-order valence-electron chi connectivity index (χ0n) is 12.5. The molecular formula is C17H19N3O2. The number of nitrogens with zero attached hydrogens (tertiary/aromatic N) is 2. The van der Waals surface area contributed by atoms with Gasteiger partial charge in [0, 0.05) is 6.21 Å². The Morgan fingerprint density at radius 3 is 2.73 bits per heavy atom. The third kappa shape index (κ3) is 2.54. The lowest BCUT2D eigenvalue weighted by Gasteiger charge is -2.21. The number of nitrogens with one attached hydrogen (secondary N) is 1. The standard InChI is InChI=1S/C17H19N3O2/c1-17(14-10-6-3-7-11-14)15(21)20(16(22)19-17)18-12-13-8-4-2-5-9-13/h2-4,6-7,10-13H,5,8-9H2,1H3,(H,19,22)/b18-12-/t13-,17+/m1/s1. The highest BCUT2D eigenvalue weighted by Crippen LogP contribution is 2.29. The van der Waals surface area contributed by atoms with Gasteiger partial charge in [-0.2, -0.15) is 5.10 Å². The van der Waals surface area contributed by atoms with E-state index in [1.807, 2.05) is 30.3 Å². The zero-order valence-corrected chi connectivity index (χ0v) is 12.5. The van der Waals surface area contributed by atoms with Gasteiger partial charge in [0.05, 0.1) is 0 Å². The predicted molar refractivity (Wildman–Crippen MR) is 84.1 cm³/mol. The summed E-state index contributed by atoms with van der Waals surface area (Å²) in [5.74, 6) is -0.0551. The van der Waals surface area contributed by atoms with Crippen LogP contribution in [-0.4, -0.2) is 23.2 Å². The summed E-state index contributed by atoms with van der Waals surface area (Å²) >= 11 is 0. The fraction of sp³-hybridized carbons (Fsp3) is 0.353. The van der Waals surface area contributed by atoms with E-state index >= 15 is 0 Å². The molecule has 1 aliphatic heterocycles. The summed E-state index contributed by atoms with van der Waals surface area (Å²) in [4.78, 5) is 24.7. The van der Waals surface area contributed by atoms with Crippen LogP contribution in [0.25, 0.3) is 0 Å². The number of carbonyl (C=O) groups is 2. The molecule has 0 aromatic heterocycles. The second-order valence-electron chi connectivity index (χ2n) is 5.85. The van der Waals surface area contributed by atoms with Crippen LogP contribution in [0.2, 0.25) is 0 Å². The van der Waals surface area contributed by atoms with Gasteiger partial charge in [0.25, 0.3) is 5.91 Å². The minimum Gasteiger partial charge on any atom is -0.318 e. The van der Waals surface area contributed by atoms with Crippen molar-refractivity contribution in [2.45, 2.75) is 31.7 Å². The number of hydrogen-bond donors (Lipinski definition) is 1. The fourth-order valence-corrected chi connectivity index (χ4v) is 2.81. The average molecular weight is 297 g/mol. The summed E-state index contributed by atoms with van der Waals surface area (Å²) in [7, 11) is 0. The van der Waals surface area contributed by atoms with E-state index in [9.17, 15) is 9.59 Å². The van der Waals surface area contributed by atoms with E-state index in [-0.39, 0.29) is 11.8 Å². The molecule has 22 heavy (non-hydrogen) atoms. The van der Waals surface area contributed by atoms with E-state index in [1.165, 1.54) is 0 Å². The van der Waals surface area contributed by atoms with Crippen molar-refractivity contribution in [1.29, 1.82) is 0 Å². The molecule has 3 rings (SSSR count). The Kier molecular flexibility index (Phi) is 3.79. The van der Waals surface area contributed by atoms with Crippen LogP contribution in [0, 0.1) is 5.92 Å². The predicted octanol–water partition coefficient (Wildman–Crippen LogP) is 2.80. The van der Waals surface area contributed by atoms with Gasteiger partial charge in [-0.05, 0) is 37.7 Å². The molecule has 1 heterocycles. The summed E-state index contributed by atoms with van der Waals surface area (Å²) < 4.78 is 0. The van der Waals surface area contributed by atoms with Gasteiger partial charge in [-0.1, -0.05) is 42.5 Å². The van der Waals surface area contributed by atoms with Crippen LogP contribution in [-0.2, 0) is 10.3 Å². The van der Waals surface area contributed by atoms with E-state index in [4.69, 9.17) is 0 Å². The van der Waals surface area contributed by atoms with Crippen LogP contribution < -0.4 is 5.32 Å². The van der Waals surface area contributed by atoms with Gasteiger partial charge in [0.1, 0.15) is 5.54 Å². The van der Waals surface area contributed by atoms with Crippen molar-refractivity contribution in [3.63, 3.8) is 0 Å². The van der Waals surface area contributed by atoms with Gasteiger partial charge in [0.2, 0.25) is 0 Å². The fourth-order valence-electron chi connectivity index (χ4n) is 2.81. The molecule has 0 saturated carbocycles. The minimum absolute atomic E-state index is 0.286. The number of rotatable bonds is 3. The Morgan fingerprint density at radius 2 is 2.05 bits per heavy atom. The third-order valence-corrected chi connectivity index (χ3v) is 4.22. The Morgan fingerprint density at radius 1 is 1.27 bits per heavy atom. The molecular weight excluding hydrogens is 278 g/mol. The molecule has 1 fully saturated rings. The number of carbonyl (C=O) groups excluding carboxylic acids is 2. The topological polar surface area (TPSA) is 61.8 Å². The van der Waals surface area contributed by atoms with E-state index in [0.717, 1.165) is 29.8 Å². The first-order valence-electron chi connectivity index (χ1n) is 7.52. The van der Waals surface area contributed by atoms with Crippen LogP contribution in [0.4, 0.5) is 4.79 Å². The van der Waals surface area contributed by atoms with E-state index < -0.39 is 11.6 Å². The summed E-state index contributed by atoms with van der Waals surface area (Å²) in [5, 5.41) is 7.84. The lowest BCUT2D eigenvalue weighted by molar-refractivity contribution is -0.131. The summed E-state index contributed by atoms with van der Waals surface area (Å²) in [6, 6.07) is 8.76. The SMILES string of the molecule is C[C@@]1(c2ccccc2)NC(=O)N(/N=C\[C@@H]2CC=CCC2)C1=O. The Balaban J connectivity index is 1.80. The molecule has 0 spiro atoms. The first-order chi connectivity index (χ1) is 10.6. The number of urea groups is 1. The molecule has 1 saturated heterocycles. The lowest BCUT2D eigenvalue weighted by Crippen LogP contribution is -2.40. The lowest BCUT2D eigenvalue weighted by atomic mass is 9.92. The third-order valence-electron chi connectivity index (χ3n) is 4.22. The molecule has 2 atom stereocenters. The second kappa shape index (κ2) is 5.75. The van der Waals surface area contributed by atoms with Gasteiger partial charge < -0.3 is 5.32 Å². The van der Waals surface area contributed by atoms with Crippen LogP contribution >= 0.6 is 0 Å². The summed E-state index contributed by atoms with van der Waals surface area (Å²) in [6.45, 7) is 1.71. The maximum atomic E-state index is 12.6. The van der Waals surface area contributed by atoms with Crippen LogP contribution in [0.3, 0.4) is 0 Å².